The smallest absolute Gasteiger partial charge is 0.244 e. The first kappa shape index (κ1) is 26.7. The van der Waals surface area contributed by atoms with E-state index in [1.54, 1.807) is 12.3 Å². The first-order valence-corrected chi connectivity index (χ1v) is 14.5. The van der Waals surface area contributed by atoms with E-state index in [4.69, 9.17) is 0 Å². The normalized spacial score (nSPS) is 24.0. The lowest BCUT2D eigenvalue weighted by Gasteiger charge is -2.48. The molecule has 216 valence electrons. The van der Waals surface area contributed by atoms with Gasteiger partial charge in [0.05, 0.1) is 17.0 Å². The van der Waals surface area contributed by atoms with Crippen LogP contribution in [-0.4, -0.2) is 46.2 Å². The fraction of sp³-hybridized carbons (Fsp3) is 0.375. The van der Waals surface area contributed by atoms with Gasteiger partial charge in [-0.15, -0.1) is 0 Å². The number of benzene rings is 2. The maximum absolute atomic E-state index is 14.2. The molecule has 3 amide bonds. The highest BCUT2D eigenvalue weighted by atomic mass is 19.1. The molecule has 2 atom stereocenters. The number of hydrogen-bond acceptors (Lipinski definition) is 5. The minimum atomic E-state index is -0.768. The Labute approximate surface area is 241 Å². The second-order valence-electron chi connectivity index (χ2n) is 12.0. The summed E-state index contributed by atoms with van der Waals surface area (Å²) in [4.78, 5) is 46.2. The molecule has 0 bridgehead atoms. The van der Waals surface area contributed by atoms with Crippen molar-refractivity contribution in [2.24, 2.45) is 0 Å². The Morgan fingerprint density at radius 2 is 1.76 bits per heavy atom. The van der Waals surface area contributed by atoms with Crippen LogP contribution in [0.3, 0.4) is 0 Å². The molecule has 3 aromatic rings. The summed E-state index contributed by atoms with van der Waals surface area (Å²) in [6.07, 6.45) is 6.84. The van der Waals surface area contributed by atoms with Gasteiger partial charge in [0.15, 0.2) is 0 Å². The zero-order chi connectivity index (χ0) is 29.1. The van der Waals surface area contributed by atoms with Gasteiger partial charge in [0.1, 0.15) is 24.0 Å². The molecule has 2 spiro atoms. The molecule has 2 aromatic carbocycles. The van der Waals surface area contributed by atoms with Gasteiger partial charge in [-0.3, -0.25) is 14.4 Å². The zero-order valence-corrected chi connectivity index (χ0v) is 23.0. The van der Waals surface area contributed by atoms with Crippen molar-refractivity contribution in [3.8, 4) is 0 Å². The molecule has 1 aromatic heterocycles. The quantitative estimate of drug-likeness (QED) is 0.437. The third-order valence-electron chi connectivity index (χ3n) is 9.44. The molecule has 1 saturated heterocycles. The van der Waals surface area contributed by atoms with Gasteiger partial charge in [0.25, 0.3) is 0 Å². The molecule has 0 radical (unpaired) electrons. The minimum Gasteiger partial charge on any atom is -0.325 e. The van der Waals surface area contributed by atoms with Crippen LogP contribution in [0.1, 0.15) is 60.4 Å². The van der Waals surface area contributed by atoms with E-state index in [2.05, 4.69) is 20.9 Å². The van der Waals surface area contributed by atoms with Crippen LogP contribution in [0.5, 0.6) is 0 Å². The summed E-state index contributed by atoms with van der Waals surface area (Å²) in [6.45, 7) is 0.0365. The second kappa shape index (κ2) is 9.97. The second-order valence-corrected chi connectivity index (χ2v) is 12.0. The average Bonchev–Trinajstić information content (AvgIpc) is 3.48. The summed E-state index contributed by atoms with van der Waals surface area (Å²) < 4.78 is 28.3. The summed E-state index contributed by atoms with van der Waals surface area (Å²) in [5.41, 5.74) is 2.25. The fourth-order valence-electron chi connectivity index (χ4n) is 7.39. The van der Waals surface area contributed by atoms with Crippen LogP contribution in [0.15, 0.2) is 54.7 Å². The number of rotatable bonds is 4. The topological polar surface area (TPSA) is 103 Å². The predicted molar refractivity (Wildman–Crippen MR) is 152 cm³/mol. The van der Waals surface area contributed by atoms with Gasteiger partial charge in [-0.25, -0.2) is 13.8 Å². The number of fused-ring (bicyclic) bond motifs is 3. The Bertz CT molecular complexity index is 1600. The molecule has 8 nitrogen and oxygen atoms in total. The Morgan fingerprint density at radius 1 is 1.00 bits per heavy atom. The molecule has 2 unspecified atom stereocenters. The van der Waals surface area contributed by atoms with Crippen molar-refractivity contribution in [2.45, 2.75) is 61.9 Å². The van der Waals surface area contributed by atoms with Crippen LogP contribution in [0.4, 0.5) is 20.3 Å². The van der Waals surface area contributed by atoms with E-state index in [0.29, 0.717) is 49.3 Å². The van der Waals surface area contributed by atoms with E-state index < -0.39 is 34.5 Å². The molecular formula is C32H31F2N5O3. The van der Waals surface area contributed by atoms with Crippen molar-refractivity contribution >= 4 is 29.2 Å². The Hall–Kier alpha value is -4.18. The van der Waals surface area contributed by atoms with Crippen LogP contribution < -0.4 is 16.0 Å². The maximum atomic E-state index is 14.2. The van der Waals surface area contributed by atoms with Gasteiger partial charge in [0.2, 0.25) is 17.7 Å². The number of aromatic nitrogens is 1. The summed E-state index contributed by atoms with van der Waals surface area (Å²) in [5.74, 6) is -1.57. The number of amides is 3. The molecule has 42 heavy (non-hydrogen) atoms. The van der Waals surface area contributed by atoms with Crippen molar-refractivity contribution < 1.29 is 23.2 Å². The van der Waals surface area contributed by atoms with Crippen LogP contribution in [0.25, 0.3) is 0 Å². The lowest BCUT2D eigenvalue weighted by molar-refractivity contribution is -0.149. The number of pyridine rings is 1. The van der Waals surface area contributed by atoms with Gasteiger partial charge < -0.3 is 20.9 Å². The molecule has 3 heterocycles. The number of anilines is 2. The molecule has 7 rings (SSSR count). The fourth-order valence-corrected chi connectivity index (χ4v) is 7.39. The van der Waals surface area contributed by atoms with Crippen molar-refractivity contribution in [3.05, 3.63) is 88.6 Å². The van der Waals surface area contributed by atoms with Crippen LogP contribution >= 0.6 is 0 Å². The van der Waals surface area contributed by atoms with Crippen LogP contribution in [0, 0.1) is 11.6 Å². The average molecular weight is 572 g/mol. The number of carbonyl (C=O) groups excluding carboxylic acids is 3. The molecule has 10 heteroatoms. The summed E-state index contributed by atoms with van der Waals surface area (Å²) in [6, 6.07) is 11.9. The number of piperazine rings is 1. The largest absolute Gasteiger partial charge is 0.325 e. The number of halogens is 2. The molecule has 2 aliphatic carbocycles. The monoisotopic (exact) mass is 571 g/mol. The van der Waals surface area contributed by atoms with E-state index in [0.717, 1.165) is 42.0 Å². The van der Waals surface area contributed by atoms with Crippen LogP contribution in [-0.2, 0) is 32.6 Å². The Morgan fingerprint density at radius 3 is 2.55 bits per heavy atom. The highest BCUT2D eigenvalue weighted by Crippen LogP contribution is 2.47. The van der Waals surface area contributed by atoms with Gasteiger partial charge in [0, 0.05) is 30.1 Å². The predicted octanol–water partition coefficient (Wildman–Crippen LogP) is 4.16. The van der Waals surface area contributed by atoms with E-state index >= 15 is 0 Å². The summed E-state index contributed by atoms with van der Waals surface area (Å²) >= 11 is 0. The van der Waals surface area contributed by atoms with Crippen molar-refractivity contribution in [3.63, 3.8) is 0 Å². The van der Waals surface area contributed by atoms with E-state index in [1.165, 1.54) is 17.0 Å². The van der Waals surface area contributed by atoms with E-state index in [-0.39, 0.29) is 18.4 Å². The van der Waals surface area contributed by atoms with Gasteiger partial charge in [-0.2, -0.15) is 0 Å². The van der Waals surface area contributed by atoms with Gasteiger partial charge in [-0.05, 0) is 72.7 Å². The zero-order valence-electron chi connectivity index (χ0n) is 23.0. The van der Waals surface area contributed by atoms with E-state index in [9.17, 15) is 23.2 Å². The third kappa shape index (κ3) is 4.36. The highest BCUT2D eigenvalue weighted by Gasteiger charge is 2.51. The first-order chi connectivity index (χ1) is 20.3. The Kier molecular flexibility index (Phi) is 6.34. The number of hydrogen-bond donors (Lipinski definition) is 3. The molecule has 4 aliphatic rings. The van der Waals surface area contributed by atoms with Crippen molar-refractivity contribution in [1.29, 1.82) is 0 Å². The number of carbonyl (C=O) groups is 3. The third-order valence-corrected chi connectivity index (χ3v) is 9.44. The van der Waals surface area contributed by atoms with Crippen molar-refractivity contribution in [2.75, 3.05) is 23.7 Å². The molecule has 2 aliphatic heterocycles. The van der Waals surface area contributed by atoms with Crippen LogP contribution in [0.2, 0.25) is 0 Å². The number of nitrogens with one attached hydrogen (secondary N) is 3. The minimum absolute atomic E-state index is 0.0772. The van der Waals surface area contributed by atoms with Gasteiger partial charge >= 0.3 is 0 Å². The standard InChI is InChI=1S/C32H31F2N5O3/c33-22-11-20(12-23(34)14-22)26-17-36-32(8-2-1-3-9-32)30(42)39(26)18-27(40)37-24-7-6-19-15-31(16-21(19)13-24)25-5-4-10-35-28(25)38-29(31)41/h4-7,10-14,26,36H,1-3,8-9,15-18H2,(H,37,40)(H,35,38,41). The Balaban J connectivity index is 1.12. The molecule has 1 saturated carbocycles. The van der Waals surface area contributed by atoms with Crippen molar-refractivity contribution in [1.82, 2.24) is 15.2 Å². The SMILES string of the molecule is O=C(CN1C(=O)C2(CCCCC2)NCC1c1cc(F)cc(F)c1)Nc1ccc2c(c1)CC1(C2)C(=O)Nc2ncccc21. The highest BCUT2D eigenvalue weighted by molar-refractivity contribution is 6.06. The summed E-state index contributed by atoms with van der Waals surface area (Å²) in [5, 5.41) is 9.20. The molecular weight excluding hydrogens is 540 g/mol. The molecule has 2 fully saturated rings. The van der Waals surface area contributed by atoms with E-state index in [1.807, 2.05) is 24.3 Å². The van der Waals surface area contributed by atoms with Gasteiger partial charge in [-0.1, -0.05) is 31.4 Å². The molecule has 3 N–H and O–H groups in total. The summed E-state index contributed by atoms with van der Waals surface area (Å²) in [7, 11) is 0. The first-order valence-electron chi connectivity index (χ1n) is 14.5. The maximum Gasteiger partial charge on any atom is 0.244 e. The number of nitrogens with zero attached hydrogens (tertiary/aromatic N) is 2. The lowest BCUT2D eigenvalue weighted by atomic mass is 9.78. The lowest BCUT2D eigenvalue weighted by Crippen LogP contribution is -2.66.